The topological polar surface area (TPSA) is 126 Å². The van der Waals surface area contributed by atoms with Gasteiger partial charge in [-0.1, -0.05) is 6.92 Å². The fraction of sp³-hybridized carbons (Fsp3) is 0.727. The Labute approximate surface area is 232 Å². The summed E-state index contributed by atoms with van der Waals surface area (Å²) in [6, 6.07) is 3.15. The fourth-order valence-electron chi connectivity index (χ4n) is 4.54. The van der Waals surface area contributed by atoms with Gasteiger partial charge in [0.15, 0.2) is 14.9 Å². The van der Waals surface area contributed by atoms with Crippen molar-refractivity contribution >= 4 is 62.4 Å². The summed E-state index contributed by atoms with van der Waals surface area (Å²) in [6.07, 6.45) is 1.76. The van der Waals surface area contributed by atoms with Crippen LogP contribution in [0.15, 0.2) is 17.2 Å². The molecule has 2 atom stereocenters. The van der Waals surface area contributed by atoms with Gasteiger partial charge in [0.1, 0.15) is 16.2 Å². The summed E-state index contributed by atoms with van der Waals surface area (Å²) in [6.45, 7) is 9.26. The van der Waals surface area contributed by atoms with Crippen LogP contribution >= 0.6 is 0 Å². The molecule has 35 heavy (non-hydrogen) atoms. The molecule has 3 rings (SSSR count). The maximum atomic E-state index is 13.2. The first kappa shape index (κ1) is 30.5. The van der Waals surface area contributed by atoms with Crippen LogP contribution in [0.5, 0.6) is 0 Å². The zero-order chi connectivity index (χ0) is 25.3. The average Bonchev–Trinajstić information content (AvgIpc) is 2.76. The van der Waals surface area contributed by atoms with Crippen molar-refractivity contribution in [1.29, 1.82) is 0 Å². The van der Waals surface area contributed by atoms with E-state index in [-0.39, 0.29) is 66.6 Å². The summed E-state index contributed by atoms with van der Waals surface area (Å²) in [4.78, 5) is 20.4. The Morgan fingerprint density at radius 3 is 2.43 bits per heavy atom. The number of likely N-dealkylation sites (tertiary alicyclic amines) is 1. The van der Waals surface area contributed by atoms with Crippen molar-refractivity contribution < 1.29 is 31.4 Å². The van der Waals surface area contributed by atoms with E-state index in [1.54, 1.807) is 26.8 Å². The predicted octanol–water partition coefficient (Wildman–Crippen LogP) is 1.90. The molecule has 3 heterocycles. The number of sulfone groups is 1. The van der Waals surface area contributed by atoms with Crippen LogP contribution in [0.3, 0.4) is 0 Å². The summed E-state index contributed by atoms with van der Waals surface area (Å²) in [5.74, 6) is 0.461. The Kier molecular flexibility index (Phi) is 10.2. The van der Waals surface area contributed by atoms with Gasteiger partial charge in [-0.2, -0.15) is 0 Å². The molecule has 0 aromatic carbocycles. The number of carbonyl (C=O) groups excluding carboxylic acids is 1. The molecule has 2 fully saturated rings. The molecule has 2 aliphatic heterocycles. The second-order valence-electron chi connectivity index (χ2n) is 9.87. The molecule has 0 aliphatic carbocycles. The Balaban J connectivity index is 0.00000432. The van der Waals surface area contributed by atoms with Crippen molar-refractivity contribution in [1.82, 2.24) is 9.88 Å². The Bertz CT molecular complexity index is 1040. The average molecular weight is 542 g/mol. The van der Waals surface area contributed by atoms with E-state index in [0.29, 0.717) is 31.1 Å². The summed E-state index contributed by atoms with van der Waals surface area (Å²) in [7, 11) is -3.66. The van der Waals surface area contributed by atoms with E-state index in [1.165, 1.54) is 17.2 Å². The summed E-state index contributed by atoms with van der Waals surface area (Å²) in [5, 5.41) is -0.0913. The number of morpholine rings is 1. The zero-order valence-corrected chi connectivity index (χ0v) is 22.1. The first-order valence-electron chi connectivity index (χ1n) is 11.4. The molecule has 2 saturated heterocycles. The van der Waals surface area contributed by atoms with Crippen LogP contribution in [0, 0.1) is 0 Å². The molecule has 1 amide bonds. The van der Waals surface area contributed by atoms with Gasteiger partial charge in [-0.3, -0.25) is 0 Å². The first-order chi connectivity index (χ1) is 15.8. The van der Waals surface area contributed by atoms with Gasteiger partial charge in [0, 0.05) is 25.9 Å². The summed E-state index contributed by atoms with van der Waals surface area (Å²) >= 11 is -2.39. The van der Waals surface area contributed by atoms with E-state index in [4.69, 9.17) is 9.47 Å². The molecule has 13 heteroatoms. The molecule has 1 aromatic rings. The minimum atomic E-state index is -3.66. The van der Waals surface area contributed by atoms with E-state index < -0.39 is 37.4 Å². The first-order valence-corrected chi connectivity index (χ1v) is 14.4. The summed E-state index contributed by atoms with van der Waals surface area (Å²) < 4.78 is 57.9. The molecule has 10 nitrogen and oxygen atoms in total. The number of carbonyl (C=O) groups is 1. The number of hydrogen-bond acceptors (Lipinski definition) is 8. The minimum absolute atomic E-state index is 0. The molecule has 0 spiro atoms. The quantitative estimate of drug-likeness (QED) is 0.439. The number of pyridine rings is 1. The Hall–Kier alpha value is -0.760. The number of rotatable bonds is 5. The third-order valence-electron chi connectivity index (χ3n) is 6.42. The van der Waals surface area contributed by atoms with E-state index in [9.17, 15) is 22.0 Å². The Morgan fingerprint density at radius 1 is 1.29 bits per heavy atom. The molecule has 194 valence electrons. The van der Waals surface area contributed by atoms with Crippen LogP contribution in [0.1, 0.15) is 52.5 Å². The molecule has 1 aromatic heterocycles. The number of nitrogens with zero attached hydrogens (tertiary/aromatic N) is 3. The van der Waals surface area contributed by atoms with E-state index in [1.807, 2.05) is 11.8 Å². The van der Waals surface area contributed by atoms with Crippen molar-refractivity contribution in [2.75, 3.05) is 44.0 Å². The molecular weight excluding hydrogens is 505 g/mol. The fourth-order valence-corrected chi connectivity index (χ4v) is 6.41. The third-order valence-corrected chi connectivity index (χ3v) is 9.05. The molecule has 2 aliphatic rings. The van der Waals surface area contributed by atoms with Crippen LogP contribution in [0.4, 0.5) is 10.6 Å². The van der Waals surface area contributed by atoms with Gasteiger partial charge in [-0.05, 0) is 57.7 Å². The number of amides is 1. The molecule has 1 N–H and O–H groups in total. The van der Waals surface area contributed by atoms with Crippen LogP contribution in [0.25, 0.3) is 0 Å². The van der Waals surface area contributed by atoms with Gasteiger partial charge in [0.25, 0.3) is 0 Å². The van der Waals surface area contributed by atoms with Crippen molar-refractivity contribution in [3.63, 3.8) is 0 Å². The monoisotopic (exact) mass is 541 g/mol. The number of piperidine rings is 1. The van der Waals surface area contributed by atoms with E-state index in [2.05, 4.69) is 4.98 Å². The number of hydrogen-bond donors (Lipinski definition) is 1. The van der Waals surface area contributed by atoms with E-state index in [0.717, 1.165) is 6.42 Å². The Morgan fingerprint density at radius 2 is 1.91 bits per heavy atom. The zero-order valence-electron chi connectivity index (χ0n) is 20.4. The van der Waals surface area contributed by atoms with Gasteiger partial charge in [-0.15, -0.1) is 0 Å². The normalized spacial score (nSPS) is 21.7. The SMILES string of the molecule is CC[C@H]1COCCN1c1cc(C2(S(C)(=O)=O)CCN(C(=O)OC(C)(C)C)CC2)cc([S@@](=O)O)n1.[NaH]. The number of anilines is 1. The van der Waals surface area contributed by atoms with Gasteiger partial charge in [0.05, 0.1) is 19.3 Å². The molecule has 0 bridgehead atoms. The molecule has 0 unspecified atom stereocenters. The standard InChI is InChI=1S/C22H35N3O7S2.Na.H/c1-6-17-15-31-12-11-25(17)18-13-16(14-19(23-18)33(27)28)22(34(5,29)30)7-9-24(10-8-22)20(26)32-21(2,3)4;;/h13-14,17H,6-12,15H2,1-5H3,(H,27,28);;/t17-;;/m0../s1. The summed E-state index contributed by atoms with van der Waals surface area (Å²) in [5.41, 5.74) is -0.237. The van der Waals surface area contributed by atoms with Crippen LogP contribution in [-0.2, 0) is 35.1 Å². The van der Waals surface area contributed by atoms with Gasteiger partial charge in [0.2, 0.25) is 11.1 Å². The second-order valence-corrected chi connectivity index (χ2v) is 13.1. The van der Waals surface area contributed by atoms with Crippen LogP contribution in [0.2, 0.25) is 0 Å². The number of aromatic nitrogens is 1. The van der Waals surface area contributed by atoms with Crippen molar-refractivity contribution in [2.24, 2.45) is 0 Å². The van der Waals surface area contributed by atoms with Gasteiger partial charge >= 0.3 is 35.7 Å². The second kappa shape index (κ2) is 11.7. The van der Waals surface area contributed by atoms with Gasteiger partial charge < -0.3 is 23.8 Å². The molecule has 0 radical (unpaired) electrons. The molecule has 0 saturated carbocycles. The van der Waals surface area contributed by atoms with E-state index >= 15 is 0 Å². The van der Waals surface area contributed by atoms with Crippen molar-refractivity contribution in [3.05, 3.63) is 17.7 Å². The van der Waals surface area contributed by atoms with Crippen LogP contribution < -0.4 is 4.90 Å². The number of ether oxygens (including phenoxy) is 2. The van der Waals surface area contributed by atoms with Crippen LogP contribution in [-0.4, -0.2) is 113 Å². The van der Waals surface area contributed by atoms with Gasteiger partial charge in [-0.25, -0.2) is 22.4 Å². The predicted molar refractivity (Wildman–Crippen MR) is 136 cm³/mol. The van der Waals surface area contributed by atoms with Crippen molar-refractivity contribution in [3.8, 4) is 0 Å². The van der Waals surface area contributed by atoms with Crippen molar-refractivity contribution in [2.45, 2.75) is 68.4 Å². The third kappa shape index (κ3) is 6.97. The maximum absolute atomic E-state index is 13.2. The molecular formula is C22H36N3NaO7S2.